The molecule has 0 bridgehead atoms. The second-order valence-electron chi connectivity index (χ2n) is 7.62. The molecule has 0 radical (unpaired) electrons. The highest BCUT2D eigenvalue weighted by Crippen LogP contribution is 2.33. The van der Waals surface area contributed by atoms with Crippen LogP contribution in [-0.4, -0.2) is 36.2 Å². The molecule has 0 saturated carbocycles. The largest absolute Gasteiger partial charge is 0.379 e. The van der Waals surface area contributed by atoms with Crippen molar-refractivity contribution in [2.75, 3.05) is 23.7 Å². The Morgan fingerprint density at radius 1 is 1.29 bits per heavy atom. The third-order valence-corrected chi connectivity index (χ3v) is 5.45. The fourth-order valence-corrected chi connectivity index (χ4v) is 3.95. The van der Waals surface area contributed by atoms with E-state index in [4.69, 9.17) is 4.52 Å². The summed E-state index contributed by atoms with van der Waals surface area (Å²) >= 11 is 0. The van der Waals surface area contributed by atoms with Gasteiger partial charge < -0.3 is 25.8 Å². The zero-order chi connectivity index (χ0) is 19.7. The second kappa shape index (κ2) is 7.67. The minimum absolute atomic E-state index is 0.0397. The summed E-state index contributed by atoms with van der Waals surface area (Å²) in [4.78, 5) is 12.8. The number of aromatic nitrogens is 1. The van der Waals surface area contributed by atoms with Gasteiger partial charge in [-0.05, 0) is 57.4 Å². The summed E-state index contributed by atoms with van der Waals surface area (Å²) in [6.45, 7) is 9.67. The van der Waals surface area contributed by atoms with Gasteiger partial charge in [0.05, 0.1) is 17.1 Å². The number of carbonyl (C=O) groups excluding carboxylic acids is 1. The molecular formula is C21H27N5O2. The zero-order valence-electron chi connectivity index (χ0n) is 16.4. The molecule has 4 rings (SSSR count). The Bertz CT molecular complexity index is 879. The predicted octanol–water partition coefficient (Wildman–Crippen LogP) is 2.94. The van der Waals surface area contributed by atoms with Crippen molar-refractivity contribution in [2.24, 2.45) is 0 Å². The summed E-state index contributed by atoms with van der Waals surface area (Å²) < 4.78 is 5.32. The molecule has 1 aromatic heterocycles. The molecule has 0 aliphatic carbocycles. The van der Waals surface area contributed by atoms with Crippen molar-refractivity contribution in [1.82, 2.24) is 15.8 Å². The van der Waals surface area contributed by atoms with Crippen LogP contribution in [0.15, 0.2) is 35.0 Å². The number of nitrogens with one attached hydrogen (secondary N) is 4. The molecular weight excluding hydrogens is 354 g/mol. The van der Waals surface area contributed by atoms with Gasteiger partial charge in [0.15, 0.2) is 0 Å². The SMILES string of the molecule is C=C1CCC(C(=O)Nc2cc(-c3c(C)noc3C)ccc2NC2CCNC2)N1. The van der Waals surface area contributed by atoms with Crippen molar-refractivity contribution >= 4 is 17.3 Å². The zero-order valence-corrected chi connectivity index (χ0v) is 16.4. The lowest BCUT2D eigenvalue weighted by Gasteiger charge is -2.20. The third-order valence-electron chi connectivity index (χ3n) is 5.45. The Balaban J connectivity index is 1.64. The topological polar surface area (TPSA) is 91.2 Å². The molecule has 1 amide bonds. The highest BCUT2D eigenvalue weighted by atomic mass is 16.5. The Morgan fingerprint density at radius 2 is 2.14 bits per heavy atom. The minimum atomic E-state index is -0.240. The molecule has 2 aliphatic heterocycles. The summed E-state index contributed by atoms with van der Waals surface area (Å²) in [7, 11) is 0. The van der Waals surface area contributed by atoms with Crippen LogP contribution in [0.25, 0.3) is 11.1 Å². The number of aryl methyl sites for hydroxylation is 2. The van der Waals surface area contributed by atoms with Gasteiger partial charge in [0.2, 0.25) is 5.91 Å². The van der Waals surface area contributed by atoms with Crippen molar-refractivity contribution in [3.05, 3.63) is 41.9 Å². The number of carbonyl (C=O) groups is 1. The Hall–Kier alpha value is -2.80. The van der Waals surface area contributed by atoms with E-state index in [1.54, 1.807) is 0 Å². The van der Waals surface area contributed by atoms with E-state index in [0.717, 1.165) is 72.0 Å². The van der Waals surface area contributed by atoms with E-state index in [9.17, 15) is 4.79 Å². The van der Waals surface area contributed by atoms with Gasteiger partial charge in [0.25, 0.3) is 0 Å². The first kappa shape index (κ1) is 18.6. The molecule has 28 heavy (non-hydrogen) atoms. The van der Waals surface area contributed by atoms with Crippen molar-refractivity contribution in [1.29, 1.82) is 0 Å². The standard InChI is InChI=1S/C21H27N5O2/c1-12-4-6-18(23-12)21(27)25-19-10-15(20-13(2)26-28-14(20)3)5-7-17(19)24-16-8-9-22-11-16/h5,7,10,16,18,22-24H,1,4,6,8-9,11H2,2-3H3,(H,25,27). The summed E-state index contributed by atoms with van der Waals surface area (Å²) in [5.41, 5.74) is 5.40. The predicted molar refractivity (Wildman–Crippen MR) is 110 cm³/mol. The first-order valence-electron chi connectivity index (χ1n) is 9.81. The number of amides is 1. The van der Waals surface area contributed by atoms with E-state index in [0.29, 0.717) is 6.04 Å². The summed E-state index contributed by atoms with van der Waals surface area (Å²) in [6, 6.07) is 6.18. The van der Waals surface area contributed by atoms with Gasteiger partial charge >= 0.3 is 0 Å². The normalized spacial score (nSPS) is 21.6. The van der Waals surface area contributed by atoms with Crippen LogP contribution in [0, 0.1) is 13.8 Å². The van der Waals surface area contributed by atoms with Gasteiger partial charge in [-0.25, -0.2) is 0 Å². The molecule has 2 aromatic rings. The number of allylic oxidation sites excluding steroid dienone is 1. The Labute approximate surface area is 164 Å². The first-order valence-corrected chi connectivity index (χ1v) is 9.81. The van der Waals surface area contributed by atoms with Crippen LogP contribution in [0.2, 0.25) is 0 Å². The van der Waals surface area contributed by atoms with Crippen LogP contribution in [-0.2, 0) is 4.79 Å². The molecule has 0 spiro atoms. The lowest BCUT2D eigenvalue weighted by molar-refractivity contribution is -0.117. The maximum Gasteiger partial charge on any atom is 0.246 e. The molecule has 2 unspecified atom stereocenters. The number of anilines is 2. The average molecular weight is 381 g/mol. The van der Waals surface area contributed by atoms with Crippen LogP contribution < -0.4 is 21.3 Å². The molecule has 4 N–H and O–H groups in total. The van der Waals surface area contributed by atoms with Gasteiger partial charge in [-0.1, -0.05) is 17.8 Å². The highest BCUT2D eigenvalue weighted by molar-refractivity contribution is 5.99. The van der Waals surface area contributed by atoms with Crippen LogP contribution in [0.4, 0.5) is 11.4 Å². The van der Waals surface area contributed by atoms with Gasteiger partial charge in [-0.2, -0.15) is 0 Å². The van der Waals surface area contributed by atoms with Gasteiger partial charge in [0.1, 0.15) is 11.8 Å². The van der Waals surface area contributed by atoms with Gasteiger partial charge in [-0.15, -0.1) is 0 Å². The number of benzene rings is 1. The van der Waals surface area contributed by atoms with Crippen LogP contribution in [0.5, 0.6) is 0 Å². The highest BCUT2D eigenvalue weighted by Gasteiger charge is 2.25. The van der Waals surface area contributed by atoms with Crippen LogP contribution in [0.1, 0.15) is 30.7 Å². The lowest BCUT2D eigenvalue weighted by atomic mass is 10.0. The fourth-order valence-electron chi connectivity index (χ4n) is 3.95. The first-order chi connectivity index (χ1) is 13.5. The number of hydrogen-bond donors (Lipinski definition) is 4. The molecule has 2 aliphatic rings. The third kappa shape index (κ3) is 3.75. The molecule has 3 heterocycles. The van der Waals surface area contributed by atoms with E-state index < -0.39 is 0 Å². The van der Waals surface area contributed by atoms with Crippen molar-refractivity contribution in [2.45, 2.75) is 45.2 Å². The molecule has 2 fully saturated rings. The van der Waals surface area contributed by atoms with Crippen LogP contribution in [0.3, 0.4) is 0 Å². The fraction of sp³-hybridized carbons (Fsp3) is 0.429. The van der Waals surface area contributed by atoms with Crippen molar-refractivity contribution in [3.63, 3.8) is 0 Å². The van der Waals surface area contributed by atoms with E-state index in [-0.39, 0.29) is 11.9 Å². The summed E-state index contributed by atoms with van der Waals surface area (Å²) in [5, 5.41) is 17.3. The molecule has 7 heteroatoms. The molecule has 148 valence electrons. The maximum absolute atomic E-state index is 12.8. The van der Waals surface area contributed by atoms with E-state index >= 15 is 0 Å². The molecule has 1 aromatic carbocycles. The summed E-state index contributed by atoms with van der Waals surface area (Å²) in [5.74, 6) is 0.728. The van der Waals surface area contributed by atoms with Crippen molar-refractivity contribution < 1.29 is 9.32 Å². The number of rotatable bonds is 5. The molecule has 7 nitrogen and oxygen atoms in total. The van der Waals surface area contributed by atoms with Crippen LogP contribution >= 0.6 is 0 Å². The van der Waals surface area contributed by atoms with Gasteiger partial charge in [-0.3, -0.25) is 4.79 Å². The Kier molecular flexibility index (Phi) is 5.09. The lowest BCUT2D eigenvalue weighted by Crippen LogP contribution is -2.35. The maximum atomic E-state index is 12.8. The van der Waals surface area contributed by atoms with E-state index in [1.165, 1.54) is 0 Å². The molecule has 2 atom stereocenters. The molecule has 2 saturated heterocycles. The second-order valence-corrected chi connectivity index (χ2v) is 7.62. The van der Waals surface area contributed by atoms with E-state index in [2.05, 4.69) is 33.0 Å². The number of hydrogen-bond acceptors (Lipinski definition) is 6. The Morgan fingerprint density at radius 3 is 2.79 bits per heavy atom. The van der Waals surface area contributed by atoms with Gasteiger partial charge in [0, 0.05) is 23.8 Å². The monoisotopic (exact) mass is 381 g/mol. The number of nitrogens with zero attached hydrogens (tertiary/aromatic N) is 1. The minimum Gasteiger partial charge on any atom is -0.379 e. The van der Waals surface area contributed by atoms with Crippen molar-refractivity contribution in [3.8, 4) is 11.1 Å². The average Bonchev–Trinajstić information content (AvgIpc) is 3.40. The quantitative estimate of drug-likeness (QED) is 0.637. The smallest absolute Gasteiger partial charge is 0.246 e. The summed E-state index contributed by atoms with van der Waals surface area (Å²) in [6.07, 6.45) is 2.66. The van der Waals surface area contributed by atoms with E-state index in [1.807, 2.05) is 32.0 Å².